The van der Waals surface area contributed by atoms with Crippen LogP contribution in [0.15, 0.2) is 60.7 Å². The van der Waals surface area contributed by atoms with Crippen LogP contribution in [0.1, 0.15) is 55.9 Å². The van der Waals surface area contributed by atoms with E-state index in [1.54, 1.807) is 0 Å². The van der Waals surface area contributed by atoms with Crippen LogP contribution in [-0.4, -0.2) is 37.1 Å². The van der Waals surface area contributed by atoms with Crippen LogP contribution in [0.2, 0.25) is 0 Å². The van der Waals surface area contributed by atoms with E-state index in [4.69, 9.17) is 4.74 Å². The van der Waals surface area contributed by atoms with Crippen molar-refractivity contribution < 1.29 is 19.1 Å². The highest BCUT2D eigenvalue weighted by atomic mass is 16.5. The van der Waals surface area contributed by atoms with E-state index in [1.165, 1.54) is 7.11 Å². The van der Waals surface area contributed by atoms with Gasteiger partial charge in [-0.2, -0.15) is 0 Å². The fraction of sp³-hybridized carbons (Fsp3) is 0.357. The monoisotopic (exact) mass is 462 g/mol. The largest absolute Gasteiger partial charge is 0.494 e. The molecule has 2 aromatic carbocycles. The summed E-state index contributed by atoms with van der Waals surface area (Å²) < 4.78 is 10.4. The molecule has 0 bridgehead atoms. The van der Waals surface area contributed by atoms with Crippen molar-refractivity contribution in [3.63, 3.8) is 0 Å². The molecule has 0 spiro atoms. The van der Waals surface area contributed by atoms with Crippen molar-refractivity contribution in [2.24, 2.45) is 0 Å². The van der Waals surface area contributed by atoms with Crippen LogP contribution >= 0.6 is 0 Å². The lowest BCUT2D eigenvalue weighted by atomic mass is 10.0. The minimum absolute atomic E-state index is 0.145. The van der Waals surface area contributed by atoms with Crippen molar-refractivity contribution >= 4 is 11.9 Å². The van der Waals surface area contributed by atoms with Crippen LogP contribution in [0.5, 0.6) is 5.75 Å². The maximum Gasteiger partial charge on any atom is 0.305 e. The SMILES string of the molecule is CCCCOc1ccc(-c2cc(-c3ccccc3)[nH]c2C(=O)NCCCCCC(=O)OC)cc1. The molecule has 34 heavy (non-hydrogen) atoms. The molecule has 6 nitrogen and oxygen atoms in total. The summed E-state index contributed by atoms with van der Waals surface area (Å²) in [5.74, 6) is 0.484. The van der Waals surface area contributed by atoms with Gasteiger partial charge in [-0.15, -0.1) is 0 Å². The lowest BCUT2D eigenvalue weighted by molar-refractivity contribution is -0.140. The van der Waals surface area contributed by atoms with Gasteiger partial charge in [0.15, 0.2) is 0 Å². The molecule has 0 saturated heterocycles. The fourth-order valence-corrected chi connectivity index (χ4v) is 3.66. The van der Waals surface area contributed by atoms with Gasteiger partial charge < -0.3 is 19.8 Å². The van der Waals surface area contributed by atoms with E-state index >= 15 is 0 Å². The van der Waals surface area contributed by atoms with Gasteiger partial charge in [0.1, 0.15) is 11.4 Å². The Labute approximate surface area is 201 Å². The summed E-state index contributed by atoms with van der Waals surface area (Å²) in [7, 11) is 1.40. The zero-order valence-electron chi connectivity index (χ0n) is 20.1. The molecule has 0 aliphatic rings. The van der Waals surface area contributed by atoms with Gasteiger partial charge in [-0.1, -0.05) is 62.2 Å². The highest BCUT2D eigenvalue weighted by molar-refractivity contribution is 6.00. The first-order valence-corrected chi connectivity index (χ1v) is 12.0. The van der Waals surface area contributed by atoms with Gasteiger partial charge in [0.05, 0.1) is 13.7 Å². The summed E-state index contributed by atoms with van der Waals surface area (Å²) in [5, 5.41) is 3.01. The van der Waals surface area contributed by atoms with Crippen LogP contribution < -0.4 is 10.1 Å². The van der Waals surface area contributed by atoms with Crippen LogP contribution in [0, 0.1) is 0 Å². The highest BCUT2D eigenvalue weighted by Gasteiger charge is 2.17. The number of rotatable bonds is 13. The number of methoxy groups -OCH3 is 1. The molecule has 0 aliphatic carbocycles. The number of ether oxygens (including phenoxy) is 2. The standard InChI is InChI=1S/C28H34N2O4/c1-3-4-19-34-23-16-14-21(15-17-23)24-20-25(22-11-7-5-8-12-22)30-27(24)28(32)29-18-10-6-9-13-26(31)33-2/h5,7-8,11-12,14-17,20,30H,3-4,6,9-10,13,18-19H2,1-2H3,(H,29,32). The van der Waals surface area contributed by atoms with Gasteiger partial charge in [0.25, 0.3) is 5.91 Å². The van der Waals surface area contributed by atoms with Crippen molar-refractivity contribution in [2.75, 3.05) is 20.3 Å². The number of aromatic amines is 1. The van der Waals surface area contributed by atoms with E-state index in [0.29, 0.717) is 25.3 Å². The molecule has 0 atom stereocenters. The lowest BCUT2D eigenvalue weighted by Gasteiger charge is -2.08. The number of amides is 1. The predicted octanol–water partition coefficient (Wildman–Crippen LogP) is 5.99. The Morgan fingerprint density at radius 3 is 2.38 bits per heavy atom. The van der Waals surface area contributed by atoms with E-state index in [2.05, 4.69) is 22.0 Å². The summed E-state index contributed by atoms with van der Waals surface area (Å²) in [6, 6.07) is 19.9. The third kappa shape index (κ3) is 7.24. The second kappa shape index (κ2) is 13.2. The maximum atomic E-state index is 13.1. The van der Waals surface area contributed by atoms with Crippen molar-refractivity contribution in [1.82, 2.24) is 10.3 Å². The number of carbonyl (C=O) groups excluding carboxylic acids is 2. The molecule has 1 aromatic heterocycles. The highest BCUT2D eigenvalue weighted by Crippen LogP contribution is 2.31. The van der Waals surface area contributed by atoms with Gasteiger partial charge in [0.2, 0.25) is 0 Å². The Morgan fingerprint density at radius 2 is 1.68 bits per heavy atom. The number of H-pyrrole nitrogens is 1. The number of unbranched alkanes of at least 4 members (excludes halogenated alkanes) is 3. The van der Waals surface area contributed by atoms with Gasteiger partial charge in [-0.3, -0.25) is 9.59 Å². The first kappa shape index (κ1) is 25.1. The van der Waals surface area contributed by atoms with Crippen LogP contribution in [-0.2, 0) is 9.53 Å². The first-order chi connectivity index (χ1) is 16.6. The normalized spacial score (nSPS) is 10.6. The summed E-state index contributed by atoms with van der Waals surface area (Å²) in [6.45, 7) is 3.38. The van der Waals surface area contributed by atoms with Crippen LogP contribution in [0.3, 0.4) is 0 Å². The Bertz CT molecular complexity index is 1040. The average molecular weight is 463 g/mol. The predicted molar refractivity (Wildman–Crippen MR) is 135 cm³/mol. The minimum atomic E-state index is -0.199. The molecule has 0 fully saturated rings. The fourth-order valence-electron chi connectivity index (χ4n) is 3.66. The molecule has 2 N–H and O–H groups in total. The zero-order chi connectivity index (χ0) is 24.2. The molecule has 3 rings (SSSR count). The molecular formula is C28H34N2O4. The van der Waals surface area contributed by atoms with Gasteiger partial charge in [0, 0.05) is 24.2 Å². The van der Waals surface area contributed by atoms with Crippen molar-refractivity contribution in [3.8, 4) is 28.1 Å². The van der Waals surface area contributed by atoms with Crippen molar-refractivity contribution in [3.05, 3.63) is 66.4 Å². The van der Waals surface area contributed by atoms with E-state index in [-0.39, 0.29) is 11.9 Å². The summed E-state index contributed by atoms with van der Waals surface area (Å²) in [5.41, 5.74) is 4.24. The molecule has 0 saturated carbocycles. The Balaban J connectivity index is 1.71. The number of hydrogen-bond donors (Lipinski definition) is 2. The number of benzene rings is 2. The average Bonchev–Trinajstić information content (AvgIpc) is 3.32. The molecular weight excluding hydrogens is 428 g/mol. The van der Waals surface area contributed by atoms with Gasteiger partial charge >= 0.3 is 5.97 Å². The number of carbonyl (C=O) groups is 2. The van der Waals surface area contributed by atoms with E-state index in [9.17, 15) is 9.59 Å². The van der Waals surface area contributed by atoms with E-state index < -0.39 is 0 Å². The molecule has 0 unspecified atom stereocenters. The molecule has 1 heterocycles. The van der Waals surface area contributed by atoms with Gasteiger partial charge in [-0.05, 0) is 48.6 Å². The lowest BCUT2D eigenvalue weighted by Crippen LogP contribution is -2.25. The third-order valence-corrected chi connectivity index (χ3v) is 5.63. The number of aromatic nitrogens is 1. The maximum absolute atomic E-state index is 13.1. The number of nitrogens with one attached hydrogen (secondary N) is 2. The Hall–Kier alpha value is -3.54. The molecule has 1 amide bonds. The summed E-state index contributed by atoms with van der Waals surface area (Å²) in [4.78, 5) is 27.6. The molecule has 3 aromatic rings. The Kier molecular flexibility index (Phi) is 9.77. The van der Waals surface area contributed by atoms with Crippen molar-refractivity contribution in [1.29, 1.82) is 0 Å². The molecule has 180 valence electrons. The van der Waals surface area contributed by atoms with Crippen LogP contribution in [0.25, 0.3) is 22.4 Å². The molecule has 0 aliphatic heterocycles. The van der Waals surface area contributed by atoms with E-state index in [1.807, 2.05) is 60.7 Å². The first-order valence-electron chi connectivity index (χ1n) is 12.0. The third-order valence-electron chi connectivity index (χ3n) is 5.63. The van der Waals surface area contributed by atoms with Crippen molar-refractivity contribution in [2.45, 2.75) is 45.4 Å². The topological polar surface area (TPSA) is 80.4 Å². The molecule has 6 heteroatoms. The van der Waals surface area contributed by atoms with Crippen LogP contribution in [0.4, 0.5) is 0 Å². The number of esters is 1. The molecule has 0 radical (unpaired) electrons. The Morgan fingerprint density at radius 1 is 0.912 bits per heavy atom. The quantitative estimate of drug-likeness (QED) is 0.241. The van der Waals surface area contributed by atoms with E-state index in [0.717, 1.165) is 60.2 Å². The summed E-state index contributed by atoms with van der Waals surface area (Å²) >= 11 is 0. The zero-order valence-corrected chi connectivity index (χ0v) is 20.1. The summed E-state index contributed by atoms with van der Waals surface area (Å²) in [6.07, 6.45) is 4.92. The second-order valence-electron chi connectivity index (χ2n) is 8.21. The smallest absolute Gasteiger partial charge is 0.305 e. The minimum Gasteiger partial charge on any atom is -0.494 e. The second-order valence-corrected chi connectivity index (χ2v) is 8.21. The number of hydrogen-bond acceptors (Lipinski definition) is 4. The van der Waals surface area contributed by atoms with Gasteiger partial charge in [-0.25, -0.2) is 0 Å².